The number of rotatable bonds is 9. The van der Waals surface area contributed by atoms with Crippen molar-refractivity contribution in [1.82, 2.24) is 4.90 Å². The van der Waals surface area contributed by atoms with Gasteiger partial charge in [0.1, 0.15) is 6.61 Å². The minimum Gasteiger partial charge on any atom is -0.388 e. The van der Waals surface area contributed by atoms with E-state index in [-0.39, 0.29) is 11.6 Å². The number of aliphatic hydroxyl groups is 1. The van der Waals surface area contributed by atoms with Crippen molar-refractivity contribution in [3.05, 3.63) is 77.4 Å². The maximum Gasteiger partial charge on any atom is 0.185 e. The van der Waals surface area contributed by atoms with E-state index in [0.29, 0.717) is 11.5 Å². The number of nitrogens with zero attached hydrogens (tertiary/aromatic N) is 2. The Bertz CT molecular complexity index is 951. The van der Waals surface area contributed by atoms with Gasteiger partial charge in [-0.2, -0.15) is 0 Å². The van der Waals surface area contributed by atoms with Crippen molar-refractivity contribution in [2.24, 2.45) is 5.92 Å². The van der Waals surface area contributed by atoms with Gasteiger partial charge in [-0.25, -0.2) is 0 Å². The molecule has 2 aromatic carbocycles. The summed E-state index contributed by atoms with van der Waals surface area (Å²) in [4.78, 5) is 28.6. The maximum atomic E-state index is 12.5. The van der Waals surface area contributed by atoms with Crippen molar-refractivity contribution >= 4 is 29.4 Å². The highest BCUT2D eigenvalue weighted by molar-refractivity contribution is 6.07. The average Bonchev–Trinajstić information content (AvgIpc) is 2.82. The summed E-state index contributed by atoms with van der Waals surface area (Å²) in [7, 11) is 0. The van der Waals surface area contributed by atoms with Crippen LogP contribution in [-0.4, -0.2) is 60.9 Å². The zero-order chi connectivity index (χ0) is 22.9. The van der Waals surface area contributed by atoms with Crippen LogP contribution in [0.5, 0.6) is 0 Å². The second-order valence-electron chi connectivity index (χ2n) is 8.55. The molecule has 2 aromatic rings. The molecule has 1 aliphatic rings. The van der Waals surface area contributed by atoms with Crippen LogP contribution in [0.15, 0.2) is 60.7 Å². The standard InChI is InChI=1S/C27H32N2O3/c1-21(2)19-28-15-17-29(18-16-28)25-11-9-24(10-12-25)27(32)14-8-23-5-3-22(4-6-23)7-13-26(31)20-30/h3-14,21,30H,15-20H2,1-2H3/b13-7+,14-8+. The molecule has 3 rings (SSSR count). The van der Waals surface area contributed by atoms with Gasteiger partial charge >= 0.3 is 0 Å². The van der Waals surface area contributed by atoms with Crippen molar-refractivity contribution in [1.29, 1.82) is 0 Å². The Kier molecular flexibility index (Phi) is 8.54. The molecule has 0 aliphatic carbocycles. The van der Waals surface area contributed by atoms with Gasteiger partial charge in [-0.05, 0) is 53.5 Å². The van der Waals surface area contributed by atoms with Gasteiger partial charge in [-0.15, -0.1) is 0 Å². The summed E-state index contributed by atoms with van der Waals surface area (Å²) < 4.78 is 0. The lowest BCUT2D eigenvalue weighted by Gasteiger charge is -2.36. The SMILES string of the molecule is CC(C)CN1CCN(c2ccc(C(=O)/C=C/c3ccc(/C=C/C(=O)CO)cc3)cc2)CC1. The number of anilines is 1. The predicted octanol–water partition coefficient (Wildman–Crippen LogP) is 3.94. The largest absolute Gasteiger partial charge is 0.388 e. The number of piperazine rings is 1. The monoisotopic (exact) mass is 432 g/mol. The van der Waals surface area contributed by atoms with E-state index in [1.54, 1.807) is 18.2 Å². The second-order valence-corrected chi connectivity index (χ2v) is 8.55. The van der Waals surface area contributed by atoms with E-state index in [0.717, 1.165) is 49.5 Å². The Morgan fingerprint density at radius 3 is 1.97 bits per heavy atom. The normalized spacial score (nSPS) is 15.2. The highest BCUT2D eigenvalue weighted by atomic mass is 16.3. The van der Waals surface area contributed by atoms with Gasteiger partial charge in [-0.1, -0.05) is 50.3 Å². The topological polar surface area (TPSA) is 60.9 Å². The summed E-state index contributed by atoms with van der Waals surface area (Å²) >= 11 is 0. The fourth-order valence-electron chi connectivity index (χ4n) is 3.77. The van der Waals surface area contributed by atoms with E-state index in [4.69, 9.17) is 5.11 Å². The van der Waals surface area contributed by atoms with E-state index in [1.807, 2.05) is 48.5 Å². The van der Waals surface area contributed by atoms with Crippen molar-refractivity contribution in [2.45, 2.75) is 13.8 Å². The van der Waals surface area contributed by atoms with Crippen molar-refractivity contribution < 1.29 is 14.7 Å². The van der Waals surface area contributed by atoms with Crippen molar-refractivity contribution in [3.63, 3.8) is 0 Å². The van der Waals surface area contributed by atoms with E-state index in [1.165, 1.54) is 6.08 Å². The molecule has 1 aliphatic heterocycles. The third kappa shape index (κ3) is 7.01. The first kappa shape index (κ1) is 23.6. The van der Waals surface area contributed by atoms with Crippen LogP contribution in [0.1, 0.15) is 35.3 Å². The van der Waals surface area contributed by atoms with Crippen LogP contribution in [0.3, 0.4) is 0 Å². The van der Waals surface area contributed by atoms with Crippen LogP contribution < -0.4 is 4.90 Å². The fourth-order valence-corrected chi connectivity index (χ4v) is 3.77. The number of benzene rings is 2. The van der Waals surface area contributed by atoms with Crippen molar-refractivity contribution in [2.75, 3.05) is 44.2 Å². The number of carbonyl (C=O) groups excluding carboxylic acids is 2. The Morgan fingerprint density at radius 1 is 0.875 bits per heavy atom. The van der Waals surface area contributed by atoms with Gasteiger partial charge in [0.25, 0.3) is 0 Å². The number of ketones is 2. The van der Waals surface area contributed by atoms with E-state index in [2.05, 4.69) is 23.6 Å². The van der Waals surface area contributed by atoms with Gasteiger partial charge < -0.3 is 10.0 Å². The molecule has 0 unspecified atom stereocenters. The molecule has 0 atom stereocenters. The molecule has 5 nitrogen and oxygen atoms in total. The zero-order valence-corrected chi connectivity index (χ0v) is 18.9. The minimum atomic E-state index is -0.491. The molecule has 0 spiro atoms. The smallest absolute Gasteiger partial charge is 0.185 e. The molecule has 0 radical (unpaired) electrons. The molecule has 5 heteroatoms. The molecule has 0 aromatic heterocycles. The van der Waals surface area contributed by atoms with Crippen LogP contribution in [-0.2, 0) is 4.79 Å². The third-order valence-corrected chi connectivity index (χ3v) is 5.49. The molecule has 1 fully saturated rings. The summed E-state index contributed by atoms with van der Waals surface area (Å²) in [6.45, 7) is 9.35. The van der Waals surface area contributed by atoms with Crippen LogP contribution in [0.2, 0.25) is 0 Å². The van der Waals surface area contributed by atoms with Crippen LogP contribution >= 0.6 is 0 Å². The molecule has 0 bridgehead atoms. The van der Waals surface area contributed by atoms with E-state index < -0.39 is 6.61 Å². The molecule has 1 saturated heterocycles. The van der Waals surface area contributed by atoms with Crippen molar-refractivity contribution in [3.8, 4) is 0 Å². The summed E-state index contributed by atoms with van der Waals surface area (Å²) in [5, 5.41) is 8.74. The average molecular weight is 433 g/mol. The maximum absolute atomic E-state index is 12.5. The lowest BCUT2D eigenvalue weighted by atomic mass is 10.1. The molecule has 168 valence electrons. The Morgan fingerprint density at radius 2 is 1.44 bits per heavy atom. The van der Waals surface area contributed by atoms with Gasteiger partial charge in [0.05, 0.1) is 0 Å². The van der Waals surface area contributed by atoms with E-state index >= 15 is 0 Å². The number of aliphatic hydroxyl groups excluding tert-OH is 1. The number of hydrogen-bond acceptors (Lipinski definition) is 5. The molecule has 0 amide bonds. The fraction of sp³-hybridized carbons (Fsp3) is 0.333. The molecular formula is C27H32N2O3. The predicted molar refractivity (Wildman–Crippen MR) is 131 cm³/mol. The third-order valence-electron chi connectivity index (χ3n) is 5.49. The summed E-state index contributed by atoms with van der Waals surface area (Å²) in [6, 6.07) is 15.4. The van der Waals surface area contributed by atoms with Gasteiger partial charge in [0, 0.05) is 44.0 Å². The summed E-state index contributed by atoms with van der Waals surface area (Å²) in [6.07, 6.45) is 6.38. The first-order valence-electron chi connectivity index (χ1n) is 11.2. The molecule has 0 saturated carbocycles. The summed E-state index contributed by atoms with van der Waals surface area (Å²) in [5.74, 6) is 0.326. The Balaban J connectivity index is 1.54. The lowest BCUT2D eigenvalue weighted by Crippen LogP contribution is -2.47. The van der Waals surface area contributed by atoms with E-state index in [9.17, 15) is 9.59 Å². The number of carbonyl (C=O) groups is 2. The molecule has 32 heavy (non-hydrogen) atoms. The molecule has 1 N–H and O–H groups in total. The first-order chi connectivity index (χ1) is 15.4. The molecule has 1 heterocycles. The lowest BCUT2D eigenvalue weighted by molar-refractivity contribution is -0.117. The first-order valence-corrected chi connectivity index (χ1v) is 11.2. The Hall–Kier alpha value is -3.02. The molecular weight excluding hydrogens is 400 g/mol. The number of allylic oxidation sites excluding steroid dienone is 1. The quantitative estimate of drug-likeness (QED) is 0.481. The van der Waals surface area contributed by atoms with Crippen LogP contribution in [0.25, 0.3) is 12.2 Å². The zero-order valence-electron chi connectivity index (χ0n) is 18.9. The van der Waals surface area contributed by atoms with Gasteiger partial charge in [-0.3, -0.25) is 14.5 Å². The van der Waals surface area contributed by atoms with Gasteiger partial charge in [0.15, 0.2) is 11.6 Å². The van der Waals surface area contributed by atoms with Gasteiger partial charge in [0.2, 0.25) is 0 Å². The summed E-state index contributed by atoms with van der Waals surface area (Å²) in [5.41, 5.74) is 3.60. The minimum absolute atomic E-state index is 0.0317. The highest BCUT2D eigenvalue weighted by Crippen LogP contribution is 2.18. The number of hydrogen-bond donors (Lipinski definition) is 1. The van der Waals surface area contributed by atoms with Crippen LogP contribution in [0.4, 0.5) is 5.69 Å². The van der Waals surface area contributed by atoms with Crippen LogP contribution in [0, 0.1) is 5.92 Å². The Labute approximate surface area is 190 Å². The second kappa shape index (κ2) is 11.6. The highest BCUT2D eigenvalue weighted by Gasteiger charge is 2.17.